The molecule has 0 spiro atoms. The Bertz CT molecular complexity index is 722. The Morgan fingerprint density at radius 3 is 2.48 bits per heavy atom. The third-order valence-corrected chi connectivity index (χ3v) is 5.75. The first kappa shape index (κ1) is 16.6. The number of aliphatic imine (C=N–C) groups is 1. The van der Waals surface area contributed by atoms with Gasteiger partial charge in [0.25, 0.3) is 0 Å². The van der Waals surface area contributed by atoms with E-state index in [9.17, 15) is 0 Å². The zero-order valence-corrected chi connectivity index (χ0v) is 16.1. The molecule has 0 unspecified atom stereocenters. The number of hydrogen-bond acceptors (Lipinski definition) is 3. The van der Waals surface area contributed by atoms with Crippen LogP contribution in [0.4, 0.5) is 0 Å². The van der Waals surface area contributed by atoms with Gasteiger partial charge in [-0.05, 0) is 43.9 Å². The lowest BCUT2D eigenvalue weighted by Crippen LogP contribution is -2.44. The lowest BCUT2D eigenvalue weighted by atomic mass is 10.0. The third-order valence-electron chi connectivity index (χ3n) is 4.24. The van der Waals surface area contributed by atoms with Gasteiger partial charge in [-0.2, -0.15) is 0 Å². The highest BCUT2D eigenvalue weighted by atomic mass is 79.9. The monoisotopic (exact) mass is 388 g/mol. The van der Waals surface area contributed by atoms with Crippen molar-refractivity contribution in [2.45, 2.75) is 30.8 Å². The molecule has 2 aromatic rings. The van der Waals surface area contributed by atoms with Crippen LogP contribution in [-0.4, -0.2) is 29.1 Å². The third kappa shape index (κ3) is 3.48. The molecule has 3 rings (SSSR count). The summed E-state index contributed by atoms with van der Waals surface area (Å²) < 4.78 is 1.15. The Kier molecular flexibility index (Phi) is 4.83. The first-order valence-electron chi connectivity index (χ1n) is 7.71. The van der Waals surface area contributed by atoms with Crippen molar-refractivity contribution in [2.24, 2.45) is 4.99 Å². The molecule has 1 heterocycles. The maximum atomic E-state index is 4.84. The van der Waals surface area contributed by atoms with Crippen LogP contribution in [-0.2, 0) is 6.54 Å². The minimum atomic E-state index is 0.0305. The smallest absolute Gasteiger partial charge is 0.131 e. The molecule has 0 bridgehead atoms. The van der Waals surface area contributed by atoms with Gasteiger partial charge in [0.2, 0.25) is 0 Å². The van der Waals surface area contributed by atoms with Gasteiger partial charge in [-0.25, -0.2) is 0 Å². The van der Waals surface area contributed by atoms with Gasteiger partial charge < -0.3 is 4.90 Å². The molecule has 1 aliphatic heterocycles. The molecule has 23 heavy (non-hydrogen) atoms. The predicted molar refractivity (Wildman–Crippen MR) is 103 cm³/mol. The Morgan fingerprint density at radius 2 is 1.83 bits per heavy atom. The van der Waals surface area contributed by atoms with Crippen molar-refractivity contribution in [3.05, 3.63) is 64.1 Å². The molecule has 0 saturated heterocycles. The van der Waals surface area contributed by atoms with Crippen molar-refractivity contribution in [3.8, 4) is 0 Å². The van der Waals surface area contributed by atoms with Crippen LogP contribution in [0.25, 0.3) is 0 Å². The van der Waals surface area contributed by atoms with Crippen molar-refractivity contribution in [1.29, 1.82) is 0 Å². The molecule has 1 aliphatic rings. The number of nitrogens with zero attached hydrogens (tertiary/aromatic N) is 2. The second-order valence-electron chi connectivity index (χ2n) is 6.36. The van der Waals surface area contributed by atoms with Crippen molar-refractivity contribution in [1.82, 2.24) is 4.90 Å². The molecular formula is C19H21BrN2S. The quantitative estimate of drug-likeness (QED) is 0.667. The minimum Gasteiger partial charge on any atom is -0.345 e. The SMILES string of the molecule is CSc1ccc(C2=NCC(C)(C)N2Cc2ccccc2Br)cc1. The van der Waals surface area contributed by atoms with E-state index in [0.29, 0.717) is 0 Å². The maximum absolute atomic E-state index is 4.84. The summed E-state index contributed by atoms with van der Waals surface area (Å²) in [6, 6.07) is 17.1. The van der Waals surface area contributed by atoms with E-state index in [2.05, 4.69) is 89.5 Å². The van der Waals surface area contributed by atoms with Gasteiger partial charge in [0.05, 0.1) is 12.1 Å². The van der Waals surface area contributed by atoms with Gasteiger partial charge >= 0.3 is 0 Å². The first-order valence-corrected chi connectivity index (χ1v) is 9.73. The number of amidine groups is 1. The Morgan fingerprint density at radius 1 is 1.13 bits per heavy atom. The van der Waals surface area contributed by atoms with Crippen molar-refractivity contribution >= 4 is 33.5 Å². The molecule has 2 aromatic carbocycles. The summed E-state index contributed by atoms with van der Waals surface area (Å²) >= 11 is 5.43. The van der Waals surface area contributed by atoms with Crippen LogP contribution in [0.3, 0.4) is 0 Å². The molecule has 0 radical (unpaired) electrons. The molecule has 0 fully saturated rings. The van der Waals surface area contributed by atoms with E-state index in [4.69, 9.17) is 4.99 Å². The Labute approximate surface area is 151 Å². The van der Waals surface area contributed by atoms with E-state index in [1.807, 2.05) is 0 Å². The van der Waals surface area contributed by atoms with E-state index in [1.165, 1.54) is 16.0 Å². The fourth-order valence-corrected chi connectivity index (χ4v) is 3.62. The van der Waals surface area contributed by atoms with Crippen LogP contribution in [0, 0.1) is 0 Å². The topological polar surface area (TPSA) is 15.6 Å². The lowest BCUT2D eigenvalue weighted by molar-refractivity contribution is 0.240. The number of rotatable bonds is 4. The second-order valence-corrected chi connectivity index (χ2v) is 8.09. The molecule has 0 saturated carbocycles. The van der Waals surface area contributed by atoms with Crippen LogP contribution in [0.5, 0.6) is 0 Å². The summed E-state index contributed by atoms with van der Waals surface area (Å²) in [6.07, 6.45) is 2.10. The molecule has 0 aromatic heterocycles. The fourth-order valence-electron chi connectivity index (χ4n) is 2.80. The summed E-state index contributed by atoms with van der Waals surface area (Å²) in [5.74, 6) is 1.10. The predicted octanol–water partition coefficient (Wildman–Crippen LogP) is 5.21. The van der Waals surface area contributed by atoms with Crippen LogP contribution < -0.4 is 0 Å². The van der Waals surface area contributed by atoms with Crippen molar-refractivity contribution in [3.63, 3.8) is 0 Å². The Hall–Kier alpha value is -1.26. The maximum Gasteiger partial charge on any atom is 0.131 e. The number of halogens is 1. The van der Waals surface area contributed by atoms with Gasteiger partial charge in [0.15, 0.2) is 0 Å². The van der Waals surface area contributed by atoms with Crippen LogP contribution in [0.15, 0.2) is 62.9 Å². The highest BCUT2D eigenvalue weighted by molar-refractivity contribution is 9.10. The normalized spacial score (nSPS) is 16.5. The van der Waals surface area contributed by atoms with Gasteiger partial charge in [-0.3, -0.25) is 4.99 Å². The zero-order valence-electron chi connectivity index (χ0n) is 13.7. The lowest BCUT2D eigenvalue weighted by Gasteiger charge is -2.34. The minimum absolute atomic E-state index is 0.0305. The first-order chi connectivity index (χ1) is 11.0. The van der Waals surface area contributed by atoms with Crippen LogP contribution >= 0.6 is 27.7 Å². The van der Waals surface area contributed by atoms with Crippen molar-refractivity contribution in [2.75, 3.05) is 12.8 Å². The van der Waals surface area contributed by atoms with Gasteiger partial charge in [0, 0.05) is 21.5 Å². The van der Waals surface area contributed by atoms with Crippen LogP contribution in [0.2, 0.25) is 0 Å². The average Bonchev–Trinajstić information content (AvgIpc) is 2.85. The van der Waals surface area contributed by atoms with E-state index in [1.54, 1.807) is 11.8 Å². The average molecular weight is 389 g/mol. The summed E-state index contributed by atoms with van der Waals surface area (Å²) in [7, 11) is 0. The van der Waals surface area contributed by atoms with E-state index in [-0.39, 0.29) is 5.54 Å². The fraction of sp³-hybridized carbons (Fsp3) is 0.316. The molecule has 120 valence electrons. The number of hydrogen-bond donors (Lipinski definition) is 0. The number of benzene rings is 2. The van der Waals surface area contributed by atoms with Crippen molar-refractivity contribution < 1.29 is 0 Å². The summed E-state index contributed by atoms with van der Waals surface area (Å²) in [6.45, 7) is 6.21. The Balaban J connectivity index is 1.91. The molecule has 4 heteroatoms. The molecular weight excluding hydrogens is 368 g/mol. The summed E-state index contributed by atoms with van der Waals surface area (Å²) in [5, 5.41) is 0. The zero-order chi connectivity index (χ0) is 16.4. The largest absolute Gasteiger partial charge is 0.345 e. The van der Waals surface area contributed by atoms with E-state index < -0.39 is 0 Å². The highest BCUT2D eigenvalue weighted by Gasteiger charge is 2.35. The standard InChI is InChI=1S/C19H21BrN2S/c1-19(2)13-21-18(14-8-10-16(23-3)11-9-14)22(19)12-15-6-4-5-7-17(15)20/h4-11H,12-13H2,1-3H3. The molecule has 0 amide bonds. The second kappa shape index (κ2) is 6.70. The van der Waals surface area contributed by atoms with Gasteiger partial charge in [-0.15, -0.1) is 11.8 Å². The summed E-state index contributed by atoms with van der Waals surface area (Å²) in [5.41, 5.74) is 2.51. The van der Waals surface area contributed by atoms with E-state index >= 15 is 0 Å². The number of thioether (sulfide) groups is 1. The molecule has 0 aliphatic carbocycles. The van der Waals surface area contributed by atoms with Crippen LogP contribution in [0.1, 0.15) is 25.0 Å². The van der Waals surface area contributed by atoms with Gasteiger partial charge in [0.1, 0.15) is 5.84 Å². The molecule has 0 N–H and O–H groups in total. The van der Waals surface area contributed by atoms with Gasteiger partial charge in [-0.1, -0.05) is 46.3 Å². The highest BCUT2D eigenvalue weighted by Crippen LogP contribution is 2.30. The molecule has 2 nitrogen and oxygen atoms in total. The summed E-state index contributed by atoms with van der Waals surface area (Å²) in [4.78, 5) is 8.54. The van der Waals surface area contributed by atoms with E-state index in [0.717, 1.165) is 23.4 Å². The molecule has 0 atom stereocenters.